The van der Waals surface area contributed by atoms with Crippen LogP contribution < -0.4 is 0 Å². The lowest BCUT2D eigenvalue weighted by Gasteiger charge is -2.19. The molecular formula is C13H13N3. The van der Waals surface area contributed by atoms with Gasteiger partial charge in [0.15, 0.2) is 0 Å². The maximum Gasteiger partial charge on any atom is 0.0787 e. The van der Waals surface area contributed by atoms with Crippen molar-refractivity contribution >= 4 is 0 Å². The molecule has 0 spiro atoms. The molecule has 0 fully saturated rings. The minimum atomic E-state index is -0.511. The van der Waals surface area contributed by atoms with Gasteiger partial charge in [-0.15, -0.1) is 0 Å². The van der Waals surface area contributed by atoms with Crippen LogP contribution in [0.3, 0.4) is 0 Å². The van der Waals surface area contributed by atoms with E-state index >= 15 is 0 Å². The molecule has 1 aromatic heterocycles. The van der Waals surface area contributed by atoms with Crippen LogP contribution in [0.4, 0.5) is 0 Å². The number of rotatable bonds is 2. The predicted octanol–water partition coefficient (Wildman–Crippen LogP) is 2.67. The first-order valence-electron chi connectivity index (χ1n) is 5.16. The van der Waals surface area contributed by atoms with Crippen LogP contribution >= 0.6 is 0 Å². The van der Waals surface area contributed by atoms with E-state index in [1.807, 2.05) is 50.4 Å². The van der Waals surface area contributed by atoms with Crippen LogP contribution in [0, 0.1) is 11.3 Å². The van der Waals surface area contributed by atoms with Gasteiger partial charge in [0.1, 0.15) is 0 Å². The zero-order valence-corrected chi connectivity index (χ0v) is 9.38. The molecule has 0 aliphatic heterocycles. The first-order chi connectivity index (χ1) is 7.65. The van der Waals surface area contributed by atoms with Gasteiger partial charge in [-0.3, -0.25) is 0 Å². The molecule has 1 heterocycles. The van der Waals surface area contributed by atoms with E-state index in [1.165, 1.54) is 0 Å². The Bertz CT molecular complexity index is 518. The molecule has 0 bridgehead atoms. The number of nitriles is 1. The highest BCUT2D eigenvalue weighted by Crippen LogP contribution is 2.27. The second kappa shape index (κ2) is 3.82. The lowest BCUT2D eigenvalue weighted by molar-refractivity contribution is 0.673. The molecule has 80 valence electrons. The van der Waals surface area contributed by atoms with Gasteiger partial charge in [-0.2, -0.15) is 10.4 Å². The van der Waals surface area contributed by atoms with Gasteiger partial charge in [0.25, 0.3) is 0 Å². The van der Waals surface area contributed by atoms with Crippen LogP contribution in [-0.2, 0) is 5.41 Å². The first kappa shape index (κ1) is 10.4. The zero-order valence-electron chi connectivity index (χ0n) is 9.38. The molecule has 0 aliphatic rings. The van der Waals surface area contributed by atoms with Gasteiger partial charge in [-0.05, 0) is 31.5 Å². The van der Waals surface area contributed by atoms with E-state index < -0.39 is 5.41 Å². The number of aromatic nitrogens is 2. The standard InChI is InChI=1S/C13H13N3/c1-13(2,10-14)11-6-3-4-7-12(11)16-9-5-8-15-16/h3-9H,1-2H3. The maximum absolute atomic E-state index is 9.19. The summed E-state index contributed by atoms with van der Waals surface area (Å²) in [6, 6.07) is 12.0. The minimum Gasteiger partial charge on any atom is -0.241 e. The van der Waals surface area contributed by atoms with Crippen LogP contribution in [0.25, 0.3) is 5.69 Å². The molecule has 0 amide bonds. The van der Waals surface area contributed by atoms with Crippen molar-refractivity contribution in [2.75, 3.05) is 0 Å². The van der Waals surface area contributed by atoms with Crippen molar-refractivity contribution in [3.8, 4) is 11.8 Å². The molecule has 0 unspecified atom stereocenters. The third-order valence-electron chi connectivity index (χ3n) is 2.61. The van der Waals surface area contributed by atoms with Crippen molar-refractivity contribution in [2.24, 2.45) is 0 Å². The summed E-state index contributed by atoms with van der Waals surface area (Å²) in [6.07, 6.45) is 3.61. The highest BCUT2D eigenvalue weighted by atomic mass is 15.3. The van der Waals surface area contributed by atoms with Crippen LogP contribution in [0.15, 0.2) is 42.7 Å². The number of benzene rings is 1. The van der Waals surface area contributed by atoms with E-state index in [9.17, 15) is 5.26 Å². The highest BCUT2D eigenvalue weighted by molar-refractivity contribution is 5.47. The molecule has 16 heavy (non-hydrogen) atoms. The van der Waals surface area contributed by atoms with E-state index in [-0.39, 0.29) is 0 Å². The van der Waals surface area contributed by atoms with Crippen LogP contribution in [-0.4, -0.2) is 9.78 Å². The Labute approximate surface area is 94.9 Å². The Morgan fingerprint density at radius 1 is 1.25 bits per heavy atom. The molecule has 0 aliphatic carbocycles. The Hall–Kier alpha value is -2.08. The number of hydrogen-bond donors (Lipinski definition) is 0. The summed E-state index contributed by atoms with van der Waals surface area (Å²) in [6.45, 7) is 3.82. The fraction of sp³-hybridized carbons (Fsp3) is 0.231. The Morgan fingerprint density at radius 3 is 2.62 bits per heavy atom. The van der Waals surface area contributed by atoms with Crippen LogP contribution in [0.1, 0.15) is 19.4 Å². The van der Waals surface area contributed by atoms with E-state index in [0.29, 0.717) is 0 Å². The van der Waals surface area contributed by atoms with Crippen molar-refractivity contribution in [1.29, 1.82) is 5.26 Å². The molecular weight excluding hydrogens is 198 g/mol. The van der Waals surface area contributed by atoms with E-state index in [2.05, 4.69) is 11.2 Å². The summed E-state index contributed by atoms with van der Waals surface area (Å²) in [4.78, 5) is 0. The second-order valence-corrected chi connectivity index (χ2v) is 4.20. The zero-order chi connectivity index (χ0) is 11.6. The van der Waals surface area contributed by atoms with E-state index in [0.717, 1.165) is 11.3 Å². The molecule has 0 N–H and O–H groups in total. The van der Waals surface area contributed by atoms with E-state index in [4.69, 9.17) is 0 Å². The second-order valence-electron chi connectivity index (χ2n) is 4.20. The lowest BCUT2D eigenvalue weighted by atomic mass is 9.85. The van der Waals surface area contributed by atoms with Gasteiger partial charge in [0, 0.05) is 12.4 Å². The summed E-state index contributed by atoms with van der Waals surface area (Å²) in [7, 11) is 0. The Balaban J connectivity index is 2.61. The minimum absolute atomic E-state index is 0.511. The molecule has 2 aromatic rings. The van der Waals surface area contributed by atoms with Gasteiger partial charge in [-0.25, -0.2) is 4.68 Å². The SMILES string of the molecule is CC(C)(C#N)c1ccccc1-n1cccn1. The summed E-state index contributed by atoms with van der Waals surface area (Å²) in [5.41, 5.74) is 1.43. The Morgan fingerprint density at radius 2 is 2.00 bits per heavy atom. The molecule has 3 heteroatoms. The monoisotopic (exact) mass is 211 g/mol. The lowest BCUT2D eigenvalue weighted by Crippen LogP contribution is -2.17. The Kier molecular flexibility index (Phi) is 2.49. The number of hydrogen-bond acceptors (Lipinski definition) is 2. The first-order valence-corrected chi connectivity index (χ1v) is 5.16. The summed E-state index contributed by atoms with van der Waals surface area (Å²) < 4.78 is 1.79. The fourth-order valence-corrected chi connectivity index (χ4v) is 1.67. The largest absolute Gasteiger partial charge is 0.241 e. The third-order valence-corrected chi connectivity index (χ3v) is 2.61. The average molecular weight is 211 g/mol. The molecule has 0 saturated carbocycles. The van der Waals surface area contributed by atoms with Gasteiger partial charge >= 0.3 is 0 Å². The quantitative estimate of drug-likeness (QED) is 0.766. The highest BCUT2D eigenvalue weighted by Gasteiger charge is 2.23. The van der Waals surface area contributed by atoms with Crippen molar-refractivity contribution in [3.05, 3.63) is 48.3 Å². The van der Waals surface area contributed by atoms with Crippen molar-refractivity contribution in [1.82, 2.24) is 9.78 Å². The van der Waals surface area contributed by atoms with Gasteiger partial charge < -0.3 is 0 Å². The van der Waals surface area contributed by atoms with Gasteiger partial charge in [0.2, 0.25) is 0 Å². The van der Waals surface area contributed by atoms with E-state index in [1.54, 1.807) is 10.9 Å². The molecule has 3 nitrogen and oxygen atoms in total. The van der Waals surface area contributed by atoms with Gasteiger partial charge in [0.05, 0.1) is 17.2 Å². The molecule has 1 aromatic carbocycles. The predicted molar refractivity (Wildman–Crippen MR) is 62.2 cm³/mol. The van der Waals surface area contributed by atoms with Crippen LogP contribution in [0.5, 0.6) is 0 Å². The molecule has 0 atom stereocenters. The van der Waals surface area contributed by atoms with Crippen molar-refractivity contribution in [3.63, 3.8) is 0 Å². The molecule has 2 rings (SSSR count). The summed E-state index contributed by atoms with van der Waals surface area (Å²) in [5.74, 6) is 0. The average Bonchev–Trinajstić information content (AvgIpc) is 2.82. The topological polar surface area (TPSA) is 41.6 Å². The summed E-state index contributed by atoms with van der Waals surface area (Å²) in [5, 5.41) is 13.4. The maximum atomic E-state index is 9.19. The normalized spacial score (nSPS) is 11.1. The van der Waals surface area contributed by atoms with Crippen molar-refractivity contribution in [2.45, 2.75) is 19.3 Å². The van der Waals surface area contributed by atoms with Gasteiger partial charge in [-0.1, -0.05) is 18.2 Å². The third kappa shape index (κ3) is 1.70. The summed E-state index contributed by atoms with van der Waals surface area (Å²) >= 11 is 0. The smallest absolute Gasteiger partial charge is 0.0787 e. The fourth-order valence-electron chi connectivity index (χ4n) is 1.67. The van der Waals surface area contributed by atoms with Crippen LogP contribution in [0.2, 0.25) is 0 Å². The van der Waals surface area contributed by atoms with Crippen molar-refractivity contribution < 1.29 is 0 Å². The molecule has 0 radical (unpaired) electrons. The molecule has 0 saturated heterocycles. The number of para-hydroxylation sites is 1. The number of nitrogens with zero attached hydrogens (tertiary/aromatic N) is 3.